The molecule has 1 aliphatic carbocycles. The number of carbonyl (C=O) groups is 2. The molecule has 1 unspecified atom stereocenters. The third-order valence-electron chi connectivity index (χ3n) is 5.52. The van der Waals surface area contributed by atoms with Crippen LogP contribution >= 0.6 is 0 Å². The van der Waals surface area contributed by atoms with Crippen LogP contribution in [0.25, 0.3) is 0 Å². The van der Waals surface area contributed by atoms with Crippen molar-refractivity contribution >= 4 is 23.2 Å². The number of carbonyl (C=O) groups excluding carboxylic acids is 2. The first-order valence-corrected chi connectivity index (χ1v) is 9.22. The summed E-state index contributed by atoms with van der Waals surface area (Å²) in [5, 5.41) is 3.07. The lowest BCUT2D eigenvalue weighted by Crippen LogP contribution is -2.32. The van der Waals surface area contributed by atoms with Gasteiger partial charge in [0.05, 0.1) is 0 Å². The van der Waals surface area contributed by atoms with Crippen LogP contribution in [0.2, 0.25) is 0 Å². The molecule has 0 aromatic heterocycles. The number of nitrogens with zero attached hydrogens (tertiary/aromatic N) is 1. The van der Waals surface area contributed by atoms with Crippen molar-refractivity contribution in [3.63, 3.8) is 0 Å². The van der Waals surface area contributed by atoms with Gasteiger partial charge in [0, 0.05) is 29.8 Å². The Morgan fingerprint density at radius 2 is 1.88 bits per heavy atom. The van der Waals surface area contributed by atoms with Gasteiger partial charge in [-0.1, -0.05) is 33.6 Å². The van der Waals surface area contributed by atoms with Gasteiger partial charge in [-0.2, -0.15) is 0 Å². The van der Waals surface area contributed by atoms with Crippen LogP contribution in [0.3, 0.4) is 0 Å². The number of benzene rings is 1. The minimum Gasteiger partial charge on any atom is -0.326 e. The van der Waals surface area contributed by atoms with Crippen LogP contribution in [0.5, 0.6) is 0 Å². The van der Waals surface area contributed by atoms with Gasteiger partial charge in [0.25, 0.3) is 0 Å². The molecule has 0 radical (unpaired) electrons. The van der Waals surface area contributed by atoms with Crippen molar-refractivity contribution in [1.29, 1.82) is 0 Å². The molecule has 0 saturated heterocycles. The molecule has 1 atom stereocenters. The Hall–Kier alpha value is -1.84. The maximum Gasteiger partial charge on any atom is 0.229 e. The number of anilines is 2. The summed E-state index contributed by atoms with van der Waals surface area (Å²) in [6, 6.07) is 5.92. The second-order valence-corrected chi connectivity index (χ2v) is 7.56. The van der Waals surface area contributed by atoms with Gasteiger partial charge in [-0.25, -0.2) is 0 Å². The zero-order chi connectivity index (χ0) is 17.3. The van der Waals surface area contributed by atoms with Gasteiger partial charge >= 0.3 is 0 Å². The summed E-state index contributed by atoms with van der Waals surface area (Å²) in [4.78, 5) is 26.6. The molecule has 1 aromatic rings. The van der Waals surface area contributed by atoms with E-state index in [4.69, 9.17) is 0 Å². The van der Waals surface area contributed by atoms with E-state index in [2.05, 4.69) is 5.32 Å². The Bertz CT molecular complexity index is 633. The summed E-state index contributed by atoms with van der Waals surface area (Å²) >= 11 is 0. The zero-order valence-corrected chi connectivity index (χ0v) is 15.0. The van der Waals surface area contributed by atoms with Crippen LogP contribution in [0.15, 0.2) is 18.2 Å². The SMILES string of the molecule is CC(C)C(=O)N1CCc2cc(NC(=O)C(C)C3CCCC3)ccc21. The highest BCUT2D eigenvalue weighted by Gasteiger charge is 2.28. The van der Waals surface area contributed by atoms with E-state index in [1.165, 1.54) is 25.7 Å². The molecule has 2 aliphatic rings. The Kier molecular flexibility index (Phi) is 4.93. The van der Waals surface area contributed by atoms with Crippen LogP contribution in [0, 0.1) is 17.8 Å². The highest BCUT2D eigenvalue weighted by molar-refractivity contribution is 5.98. The van der Waals surface area contributed by atoms with Crippen molar-refractivity contribution in [2.45, 2.75) is 52.9 Å². The summed E-state index contributed by atoms with van der Waals surface area (Å²) in [5.41, 5.74) is 2.99. The first kappa shape index (κ1) is 17.0. The summed E-state index contributed by atoms with van der Waals surface area (Å²) in [6.07, 6.45) is 5.70. The maximum absolute atomic E-state index is 12.5. The highest BCUT2D eigenvalue weighted by atomic mass is 16.2. The van der Waals surface area contributed by atoms with Crippen molar-refractivity contribution < 1.29 is 9.59 Å². The Balaban J connectivity index is 1.68. The molecule has 1 aliphatic heterocycles. The Labute approximate surface area is 144 Å². The highest BCUT2D eigenvalue weighted by Crippen LogP contribution is 2.34. The molecular formula is C20H28N2O2. The number of nitrogens with one attached hydrogen (secondary N) is 1. The Morgan fingerprint density at radius 1 is 1.17 bits per heavy atom. The minimum atomic E-state index is 0.00240. The lowest BCUT2D eigenvalue weighted by Gasteiger charge is -2.20. The fraction of sp³-hybridized carbons (Fsp3) is 0.600. The minimum absolute atomic E-state index is 0.00240. The first-order chi connectivity index (χ1) is 11.5. The smallest absolute Gasteiger partial charge is 0.229 e. The number of hydrogen-bond acceptors (Lipinski definition) is 2. The van der Waals surface area contributed by atoms with Crippen molar-refractivity contribution in [3.05, 3.63) is 23.8 Å². The largest absolute Gasteiger partial charge is 0.326 e. The average molecular weight is 328 g/mol. The number of fused-ring (bicyclic) bond motifs is 1. The summed E-state index contributed by atoms with van der Waals surface area (Å²) in [5.74, 6) is 0.885. The van der Waals surface area contributed by atoms with Crippen LogP contribution in [0.4, 0.5) is 11.4 Å². The predicted octanol–water partition coefficient (Wildman–Crippen LogP) is 4.00. The lowest BCUT2D eigenvalue weighted by atomic mass is 9.92. The summed E-state index contributed by atoms with van der Waals surface area (Å²) < 4.78 is 0. The summed E-state index contributed by atoms with van der Waals surface area (Å²) in [7, 11) is 0. The fourth-order valence-electron chi connectivity index (χ4n) is 3.95. The molecule has 24 heavy (non-hydrogen) atoms. The monoisotopic (exact) mass is 328 g/mol. The topological polar surface area (TPSA) is 49.4 Å². The molecule has 4 heteroatoms. The average Bonchev–Trinajstić information content (AvgIpc) is 3.22. The van der Waals surface area contributed by atoms with E-state index in [9.17, 15) is 9.59 Å². The van der Waals surface area contributed by atoms with E-state index in [-0.39, 0.29) is 23.7 Å². The van der Waals surface area contributed by atoms with Gasteiger partial charge in [-0.05, 0) is 48.9 Å². The van der Waals surface area contributed by atoms with Gasteiger partial charge in [0.1, 0.15) is 0 Å². The summed E-state index contributed by atoms with van der Waals surface area (Å²) in [6.45, 7) is 6.64. The van der Waals surface area contributed by atoms with E-state index in [0.717, 1.165) is 29.9 Å². The van der Waals surface area contributed by atoms with Crippen molar-refractivity contribution in [2.75, 3.05) is 16.8 Å². The maximum atomic E-state index is 12.5. The molecule has 130 valence electrons. The van der Waals surface area contributed by atoms with Crippen molar-refractivity contribution in [3.8, 4) is 0 Å². The van der Waals surface area contributed by atoms with Gasteiger partial charge in [-0.3, -0.25) is 9.59 Å². The van der Waals surface area contributed by atoms with Gasteiger partial charge in [0.2, 0.25) is 11.8 Å². The van der Waals surface area contributed by atoms with Crippen LogP contribution in [-0.2, 0) is 16.0 Å². The predicted molar refractivity (Wildman–Crippen MR) is 97.1 cm³/mol. The fourth-order valence-corrected chi connectivity index (χ4v) is 3.95. The van der Waals surface area contributed by atoms with E-state index < -0.39 is 0 Å². The van der Waals surface area contributed by atoms with Gasteiger partial charge in [0.15, 0.2) is 0 Å². The van der Waals surface area contributed by atoms with Gasteiger partial charge in [-0.15, -0.1) is 0 Å². The lowest BCUT2D eigenvalue weighted by molar-refractivity contribution is -0.121. The van der Waals surface area contributed by atoms with E-state index >= 15 is 0 Å². The molecule has 1 saturated carbocycles. The molecule has 1 aromatic carbocycles. The second kappa shape index (κ2) is 6.96. The van der Waals surface area contributed by atoms with Crippen LogP contribution in [0.1, 0.15) is 52.0 Å². The van der Waals surface area contributed by atoms with Crippen LogP contribution in [-0.4, -0.2) is 18.4 Å². The third kappa shape index (κ3) is 3.33. The second-order valence-electron chi connectivity index (χ2n) is 7.56. The van der Waals surface area contributed by atoms with Gasteiger partial charge < -0.3 is 10.2 Å². The van der Waals surface area contributed by atoms with E-state index in [1.54, 1.807) is 0 Å². The molecule has 1 heterocycles. The third-order valence-corrected chi connectivity index (χ3v) is 5.52. The Morgan fingerprint density at radius 3 is 2.54 bits per heavy atom. The molecule has 3 rings (SSSR count). The van der Waals surface area contributed by atoms with Crippen LogP contribution < -0.4 is 10.2 Å². The molecule has 2 amide bonds. The number of amides is 2. The molecule has 4 nitrogen and oxygen atoms in total. The molecule has 0 spiro atoms. The first-order valence-electron chi connectivity index (χ1n) is 9.22. The normalized spacial score (nSPS) is 18.8. The standard InChI is InChI=1S/C20H28N2O2/c1-13(2)20(24)22-11-10-16-12-17(8-9-18(16)22)21-19(23)14(3)15-6-4-5-7-15/h8-9,12-15H,4-7,10-11H2,1-3H3,(H,21,23). The van der Waals surface area contributed by atoms with E-state index in [1.807, 2.05) is 43.9 Å². The van der Waals surface area contributed by atoms with Crippen molar-refractivity contribution in [2.24, 2.45) is 17.8 Å². The number of hydrogen-bond donors (Lipinski definition) is 1. The molecule has 0 bridgehead atoms. The van der Waals surface area contributed by atoms with E-state index in [0.29, 0.717) is 5.92 Å². The zero-order valence-electron chi connectivity index (χ0n) is 15.0. The van der Waals surface area contributed by atoms with Crippen molar-refractivity contribution in [1.82, 2.24) is 0 Å². The molecule has 1 fully saturated rings. The molecule has 1 N–H and O–H groups in total. The quantitative estimate of drug-likeness (QED) is 0.908. The molecular weight excluding hydrogens is 300 g/mol. The number of rotatable bonds is 4.